The number of Topliss-reactive ketones (excluding diaryl/α,β-unsaturated/α-hetero) is 2. The van der Waals surface area contributed by atoms with Crippen molar-refractivity contribution in [3.05, 3.63) is 134 Å². The Hall–Kier alpha value is -3.81. The molecule has 4 aromatic carbocycles. The molecule has 0 unspecified atom stereocenters. The highest BCUT2D eigenvalue weighted by molar-refractivity contribution is 9.10. The van der Waals surface area contributed by atoms with Crippen LogP contribution in [0.25, 0.3) is 6.08 Å². The molecule has 7 rings (SSSR count). The van der Waals surface area contributed by atoms with E-state index in [1.165, 1.54) is 0 Å². The largest absolute Gasteiger partial charge is 0.352 e. The molecule has 3 heterocycles. The fourth-order valence-corrected chi connectivity index (χ4v) is 7.23. The topological polar surface area (TPSA) is 66.5 Å². The van der Waals surface area contributed by atoms with Gasteiger partial charge in [0.05, 0.1) is 12.0 Å². The number of para-hydroxylation sites is 2. The second-order valence-corrected chi connectivity index (χ2v) is 12.1. The van der Waals surface area contributed by atoms with E-state index in [4.69, 9.17) is 0 Å². The van der Waals surface area contributed by atoms with Crippen LogP contribution in [0.1, 0.15) is 31.8 Å². The van der Waals surface area contributed by atoms with Crippen molar-refractivity contribution in [3.8, 4) is 0 Å². The van der Waals surface area contributed by atoms with Gasteiger partial charge in [-0.05, 0) is 47.5 Å². The van der Waals surface area contributed by atoms with Crippen LogP contribution in [0.15, 0.2) is 112 Å². The number of carbonyl (C=O) groups is 3. The van der Waals surface area contributed by atoms with Crippen molar-refractivity contribution in [1.82, 2.24) is 0 Å². The lowest BCUT2D eigenvalue weighted by Gasteiger charge is -2.37. The van der Waals surface area contributed by atoms with Gasteiger partial charge < -0.3 is 10.2 Å². The Morgan fingerprint density at radius 1 is 0.750 bits per heavy atom. The zero-order valence-corrected chi connectivity index (χ0v) is 24.2. The van der Waals surface area contributed by atoms with Crippen molar-refractivity contribution in [3.63, 3.8) is 0 Å². The third kappa shape index (κ3) is 3.54. The lowest BCUT2D eigenvalue weighted by Crippen LogP contribution is -2.51. The summed E-state index contributed by atoms with van der Waals surface area (Å²) in [5, 5.41) is 3.06. The van der Waals surface area contributed by atoms with Crippen LogP contribution in [0.2, 0.25) is 0 Å². The number of hydrogen-bond donors (Lipinski definition) is 1. The number of halogens is 2. The van der Waals surface area contributed by atoms with Gasteiger partial charge in [0.2, 0.25) is 5.91 Å². The number of carbonyl (C=O) groups excluding carboxylic acids is 3. The summed E-state index contributed by atoms with van der Waals surface area (Å²) < 4.78 is 1.69. The number of nitrogens with one attached hydrogen (secondary N) is 1. The molecule has 5 nitrogen and oxygen atoms in total. The minimum absolute atomic E-state index is 0.202. The van der Waals surface area contributed by atoms with E-state index in [2.05, 4.69) is 37.2 Å². The first-order valence-corrected chi connectivity index (χ1v) is 14.6. The highest BCUT2D eigenvalue weighted by Gasteiger charge is 2.70. The maximum absolute atomic E-state index is 14.7. The van der Waals surface area contributed by atoms with Gasteiger partial charge in [0.1, 0.15) is 11.5 Å². The predicted octanol–water partition coefficient (Wildman–Crippen LogP) is 7.07. The Balaban J connectivity index is 1.53. The molecule has 4 aromatic rings. The van der Waals surface area contributed by atoms with Gasteiger partial charge in [-0.3, -0.25) is 14.4 Å². The van der Waals surface area contributed by atoms with Gasteiger partial charge in [0.15, 0.2) is 11.6 Å². The van der Waals surface area contributed by atoms with Crippen molar-refractivity contribution in [2.75, 3.05) is 10.2 Å². The van der Waals surface area contributed by atoms with E-state index in [1.54, 1.807) is 24.3 Å². The van der Waals surface area contributed by atoms with E-state index in [9.17, 15) is 14.4 Å². The molecular weight excluding hydrogens is 632 g/mol. The molecule has 1 fully saturated rings. The van der Waals surface area contributed by atoms with Crippen molar-refractivity contribution in [2.24, 2.45) is 5.92 Å². The normalized spacial score (nSPS) is 23.9. The third-order valence-corrected chi connectivity index (χ3v) is 9.41. The number of hydrogen-bond acceptors (Lipinski definition) is 4. The number of anilines is 2. The van der Waals surface area contributed by atoms with E-state index in [-0.39, 0.29) is 17.5 Å². The number of rotatable bonds is 4. The highest BCUT2D eigenvalue weighted by Crippen LogP contribution is 2.58. The monoisotopic (exact) mass is 652 g/mol. The highest BCUT2D eigenvalue weighted by atomic mass is 79.9. The number of benzene rings is 4. The molecule has 0 aliphatic carbocycles. The van der Waals surface area contributed by atoms with E-state index >= 15 is 0 Å². The maximum Gasteiger partial charge on any atom is 0.238 e. The summed E-state index contributed by atoms with van der Waals surface area (Å²) in [5.41, 5.74) is 2.79. The molecule has 196 valence electrons. The van der Waals surface area contributed by atoms with Crippen LogP contribution in [0, 0.1) is 5.92 Å². The van der Waals surface area contributed by atoms with E-state index in [0.29, 0.717) is 16.8 Å². The lowest BCUT2D eigenvalue weighted by atomic mass is 9.64. The Morgan fingerprint density at radius 3 is 2.05 bits per heavy atom. The summed E-state index contributed by atoms with van der Waals surface area (Å²) in [6.07, 6.45) is 3.99. The first-order chi connectivity index (χ1) is 19.4. The quantitative estimate of drug-likeness (QED) is 0.239. The smallest absolute Gasteiger partial charge is 0.238 e. The first kappa shape index (κ1) is 25.2. The average molecular weight is 654 g/mol. The van der Waals surface area contributed by atoms with Crippen LogP contribution in [-0.2, 0) is 10.2 Å². The molecule has 0 saturated carbocycles. The Morgan fingerprint density at radius 2 is 1.35 bits per heavy atom. The summed E-state index contributed by atoms with van der Waals surface area (Å²) in [4.78, 5) is 45.7. The second kappa shape index (κ2) is 9.39. The summed E-state index contributed by atoms with van der Waals surface area (Å²) >= 11 is 6.92. The summed E-state index contributed by atoms with van der Waals surface area (Å²) in [6.45, 7) is 0. The first-order valence-electron chi connectivity index (χ1n) is 13.0. The van der Waals surface area contributed by atoms with Crippen molar-refractivity contribution < 1.29 is 14.4 Å². The predicted molar refractivity (Wildman–Crippen MR) is 163 cm³/mol. The van der Waals surface area contributed by atoms with E-state index < -0.39 is 23.4 Å². The number of fused-ring (bicyclic) bond motifs is 6. The molecule has 1 spiro atoms. The van der Waals surface area contributed by atoms with Gasteiger partial charge >= 0.3 is 0 Å². The van der Waals surface area contributed by atoms with Gasteiger partial charge in [-0.25, -0.2) is 0 Å². The minimum Gasteiger partial charge on any atom is -0.352 e. The van der Waals surface area contributed by atoms with Crippen LogP contribution in [-0.4, -0.2) is 29.6 Å². The van der Waals surface area contributed by atoms with Crippen LogP contribution in [0.3, 0.4) is 0 Å². The Kier molecular flexibility index (Phi) is 5.91. The molecule has 1 saturated heterocycles. The van der Waals surface area contributed by atoms with Gasteiger partial charge in [-0.15, -0.1) is 0 Å². The van der Waals surface area contributed by atoms with Crippen molar-refractivity contribution in [1.29, 1.82) is 0 Å². The van der Waals surface area contributed by atoms with Gasteiger partial charge in [-0.2, -0.15) is 0 Å². The summed E-state index contributed by atoms with van der Waals surface area (Å²) in [7, 11) is 0. The Bertz CT molecular complexity index is 1730. The average Bonchev–Trinajstić information content (AvgIpc) is 3.45. The standard InChI is InChI=1S/C33H22Br2N2O3/c34-22-14-9-20(10-15-22)30(38)28-29(31(39)21-11-16-23(35)17-12-21)37-26-8-4-1-5-19(26)13-18-27(37)33(28)24-6-2-3-7-25(24)36-32(33)40/h1-18,27-29H,(H,36,40)/t27-,28+,29-,33-/m1/s1. The van der Waals surface area contributed by atoms with Crippen molar-refractivity contribution >= 4 is 66.8 Å². The van der Waals surface area contributed by atoms with Crippen LogP contribution < -0.4 is 10.2 Å². The minimum atomic E-state index is -1.32. The lowest BCUT2D eigenvalue weighted by molar-refractivity contribution is -0.121. The Labute approximate surface area is 248 Å². The van der Waals surface area contributed by atoms with Crippen LogP contribution in [0.4, 0.5) is 11.4 Å². The fraction of sp³-hybridized carbons (Fsp3) is 0.121. The molecule has 0 bridgehead atoms. The maximum atomic E-state index is 14.7. The molecule has 3 aliphatic rings. The van der Waals surface area contributed by atoms with Crippen molar-refractivity contribution in [2.45, 2.75) is 17.5 Å². The van der Waals surface area contributed by atoms with E-state index in [1.807, 2.05) is 89.8 Å². The number of amides is 1. The van der Waals surface area contributed by atoms with Gasteiger partial charge in [0, 0.05) is 31.4 Å². The molecule has 1 amide bonds. The summed E-state index contributed by atoms with van der Waals surface area (Å²) in [6, 6.07) is 28.2. The molecule has 0 aromatic heterocycles. The molecule has 0 radical (unpaired) electrons. The van der Waals surface area contributed by atoms with E-state index in [0.717, 1.165) is 25.8 Å². The number of nitrogens with zero attached hydrogens (tertiary/aromatic N) is 1. The van der Waals surface area contributed by atoms with Crippen LogP contribution in [0.5, 0.6) is 0 Å². The molecule has 40 heavy (non-hydrogen) atoms. The second-order valence-electron chi connectivity index (χ2n) is 10.3. The number of ketones is 2. The zero-order valence-electron chi connectivity index (χ0n) is 21.1. The summed E-state index contributed by atoms with van der Waals surface area (Å²) in [5.74, 6) is -1.70. The fourth-order valence-electron chi connectivity index (χ4n) is 6.70. The van der Waals surface area contributed by atoms with Gasteiger partial charge in [0.25, 0.3) is 0 Å². The zero-order chi connectivity index (χ0) is 27.6. The molecular formula is C33H22Br2N2O3. The molecule has 1 N–H and O–H groups in total. The molecule has 4 atom stereocenters. The van der Waals surface area contributed by atoms with Gasteiger partial charge in [-0.1, -0.05) is 105 Å². The van der Waals surface area contributed by atoms with Crippen LogP contribution >= 0.6 is 31.9 Å². The molecule has 3 aliphatic heterocycles. The third-order valence-electron chi connectivity index (χ3n) is 8.35. The molecule has 7 heteroatoms. The SMILES string of the molecule is O=C(c1ccc(Br)cc1)[C@@H]1[C@H](C(=O)c2ccc(Br)cc2)N2c3ccccc3C=C[C@@H]2[C@@]12C(=O)Nc1ccccc12.